The molecule has 1 amide bonds. The van der Waals surface area contributed by atoms with Gasteiger partial charge in [-0.2, -0.15) is 5.10 Å². The van der Waals surface area contributed by atoms with Gasteiger partial charge in [0.15, 0.2) is 0 Å². The highest BCUT2D eigenvalue weighted by molar-refractivity contribution is 5.98. The molecule has 0 fully saturated rings. The molecular weight excluding hydrogens is 254 g/mol. The molecule has 0 aliphatic carbocycles. The summed E-state index contributed by atoms with van der Waals surface area (Å²) in [5.74, 6) is 0. The van der Waals surface area contributed by atoms with Crippen molar-refractivity contribution in [3.8, 4) is 0 Å². The van der Waals surface area contributed by atoms with Crippen LogP contribution in [0.2, 0.25) is 0 Å². The quantitative estimate of drug-likeness (QED) is 0.685. The number of hydrogen-bond donors (Lipinski definition) is 1. The van der Waals surface area contributed by atoms with Crippen molar-refractivity contribution in [3.63, 3.8) is 0 Å². The molecule has 1 aromatic carbocycles. The van der Waals surface area contributed by atoms with Gasteiger partial charge in [-0.05, 0) is 18.6 Å². The van der Waals surface area contributed by atoms with Gasteiger partial charge in [-0.15, -0.1) is 0 Å². The Hall–Kier alpha value is -2.69. The summed E-state index contributed by atoms with van der Waals surface area (Å²) in [6.45, 7) is 2.00. The maximum atomic E-state index is 11.5. The average Bonchev–Trinajstić information content (AvgIpc) is 2.52. The second-order valence-corrected chi connectivity index (χ2v) is 4.11. The summed E-state index contributed by atoms with van der Waals surface area (Å²) in [6.07, 6.45) is 2.77. The van der Waals surface area contributed by atoms with E-state index in [0.717, 1.165) is 11.1 Å². The molecular formula is C15H15N3O2. The van der Waals surface area contributed by atoms with Crippen LogP contribution in [0, 0.1) is 0 Å². The Morgan fingerprint density at radius 1 is 1.25 bits per heavy atom. The Morgan fingerprint density at radius 3 is 2.75 bits per heavy atom. The first-order valence-corrected chi connectivity index (χ1v) is 6.17. The number of ether oxygens (including phenoxy) is 1. The van der Waals surface area contributed by atoms with Crippen molar-refractivity contribution in [2.45, 2.75) is 13.5 Å². The van der Waals surface area contributed by atoms with Crippen molar-refractivity contribution in [1.29, 1.82) is 0 Å². The summed E-state index contributed by atoms with van der Waals surface area (Å²) in [5.41, 5.74) is 4.78. The van der Waals surface area contributed by atoms with Gasteiger partial charge in [-0.1, -0.05) is 36.4 Å². The smallest absolute Gasteiger partial charge is 0.428 e. The molecule has 2 rings (SSSR count). The van der Waals surface area contributed by atoms with Gasteiger partial charge in [0.1, 0.15) is 6.61 Å². The fourth-order valence-electron chi connectivity index (χ4n) is 1.53. The second-order valence-electron chi connectivity index (χ2n) is 4.11. The molecule has 0 saturated heterocycles. The number of nitrogens with one attached hydrogen (secondary N) is 1. The standard InChI is InChI=1S/C15H15N3O2/c1-12(14-8-5-9-16-10-14)17-18-15(19)20-11-13-6-3-2-4-7-13/h2-10H,11H2,1H3,(H,18,19)/b17-12+. The molecule has 0 unspecified atom stereocenters. The maximum Gasteiger partial charge on any atom is 0.428 e. The van der Waals surface area contributed by atoms with Crippen LogP contribution >= 0.6 is 0 Å². The van der Waals surface area contributed by atoms with Gasteiger partial charge in [0.05, 0.1) is 5.71 Å². The van der Waals surface area contributed by atoms with E-state index >= 15 is 0 Å². The summed E-state index contributed by atoms with van der Waals surface area (Å²) in [6, 6.07) is 13.1. The van der Waals surface area contributed by atoms with Crippen LogP contribution in [0.3, 0.4) is 0 Å². The lowest BCUT2D eigenvalue weighted by atomic mass is 10.2. The topological polar surface area (TPSA) is 63.6 Å². The van der Waals surface area contributed by atoms with E-state index in [1.54, 1.807) is 19.3 Å². The van der Waals surface area contributed by atoms with E-state index in [4.69, 9.17) is 4.74 Å². The van der Waals surface area contributed by atoms with Crippen LogP contribution in [0.25, 0.3) is 0 Å². The van der Waals surface area contributed by atoms with Crippen LogP contribution in [-0.4, -0.2) is 16.8 Å². The fourth-order valence-corrected chi connectivity index (χ4v) is 1.53. The molecule has 2 aromatic rings. The highest BCUT2D eigenvalue weighted by atomic mass is 16.5. The van der Waals surface area contributed by atoms with Crippen molar-refractivity contribution >= 4 is 11.8 Å². The molecule has 1 aromatic heterocycles. The summed E-state index contributed by atoms with van der Waals surface area (Å²) in [5, 5.41) is 3.96. The first-order chi connectivity index (χ1) is 9.75. The van der Waals surface area contributed by atoms with E-state index in [1.807, 2.05) is 42.5 Å². The lowest BCUT2D eigenvalue weighted by Gasteiger charge is -2.04. The third kappa shape index (κ3) is 4.20. The Balaban J connectivity index is 1.83. The summed E-state index contributed by atoms with van der Waals surface area (Å²) in [7, 11) is 0. The summed E-state index contributed by atoms with van der Waals surface area (Å²) in [4.78, 5) is 15.5. The van der Waals surface area contributed by atoms with Crippen molar-refractivity contribution < 1.29 is 9.53 Å². The average molecular weight is 269 g/mol. The molecule has 0 saturated carbocycles. The first kappa shape index (κ1) is 13.7. The monoisotopic (exact) mass is 269 g/mol. The molecule has 0 bridgehead atoms. The number of rotatable bonds is 4. The van der Waals surface area contributed by atoms with E-state index in [1.165, 1.54) is 0 Å². The van der Waals surface area contributed by atoms with Gasteiger partial charge in [0.25, 0.3) is 0 Å². The van der Waals surface area contributed by atoms with Crippen LogP contribution in [0.1, 0.15) is 18.1 Å². The highest BCUT2D eigenvalue weighted by Gasteiger charge is 2.02. The third-order valence-corrected chi connectivity index (χ3v) is 2.61. The number of carbonyl (C=O) groups excluding carboxylic acids is 1. The highest BCUT2D eigenvalue weighted by Crippen LogP contribution is 2.01. The van der Waals surface area contributed by atoms with Gasteiger partial charge < -0.3 is 4.74 Å². The van der Waals surface area contributed by atoms with Gasteiger partial charge >= 0.3 is 6.09 Å². The maximum absolute atomic E-state index is 11.5. The van der Waals surface area contributed by atoms with Gasteiger partial charge in [-0.3, -0.25) is 4.98 Å². The zero-order valence-electron chi connectivity index (χ0n) is 11.1. The van der Waals surface area contributed by atoms with Crippen molar-refractivity contribution in [1.82, 2.24) is 10.4 Å². The Kier molecular flexibility index (Phi) is 4.83. The molecule has 0 spiro atoms. The van der Waals surface area contributed by atoms with Gasteiger partial charge in [-0.25, -0.2) is 10.2 Å². The predicted octanol–water partition coefficient (Wildman–Crippen LogP) is 2.73. The number of hydrazone groups is 1. The number of benzene rings is 1. The largest absolute Gasteiger partial charge is 0.443 e. The van der Waals surface area contributed by atoms with E-state index in [0.29, 0.717) is 5.71 Å². The minimum Gasteiger partial charge on any atom is -0.443 e. The summed E-state index contributed by atoms with van der Waals surface area (Å²) >= 11 is 0. The van der Waals surface area contributed by atoms with Crippen molar-refractivity contribution in [2.24, 2.45) is 5.10 Å². The van der Waals surface area contributed by atoms with E-state index in [-0.39, 0.29) is 6.61 Å². The van der Waals surface area contributed by atoms with Crippen LogP contribution in [0.15, 0.2) is 60.0 Å². The second kappa shape index (κ2) is 7.04. The molecule has 102 valence electrons. The molecule has 5 heteroatoms. The van der Waals surface area contributed by atoms with Crippen LogP contribution in [0.4, 0.5) is 4.79 Å². The van der Waals surface area contributed by atoms with E-state index in [9.17, 15) is 4.79 Å². The molecule has 1 N–H and O–H groups in total. The van der Waals surface area contributed by atoms with Crippen molar-refractivity contribution in [3.05, 3.63) is 66.0 Å². The summed E-state index contributed by atoms with van der Waals surface area (Å²) < 4.78 is 5.04. The molecule has 0 aliphatic heterocycles. The lowest BCUT2D eigenvalue weighted by molar-refractivity contribution is 0.140. The Bertz CT molecular complexity index is 583. The fraction of sp³-hybridized carbons (Fsp3) is 0.133. The van der Waals surface area contributed by atoms with Gasteiger partial charge in [0, 0.05) is 18.0 Å². The number of carbonyl (C=O) groups is 1. The SMILES string of the molecule is C/C(=N\NC(=O)OCc1ccccc1)c1cccnc1. The van der Waals surface area contributed by atoms with Crippen molar-refractivity contribution in [2.75, 3.05) is 0 Å². The third-order valence-electron chi connectivity index (χ3n) is 2.61. The molecule has 0 radical (unpaired) electrons. The van der Waals surface area contributed by atoms with Crippen LogP contribution in [-0.2, 0) is 11.3 Å². The van der Waals surface area contributed by atoms with E-state index in [2.05, 4.69) is 15.5 Å². The predicted molar refractivity (Wildman–Crippen MR) is 76.2 cm³/mol. The molecule has 5 nitrogen and oxygen atoms in total. The number of hydrogen-bond acceptors (Lipinski definition) is 4. The van der Waals surface area contributed by atoms with E-state index < -0.39 is 6.09 Å². The van der Waals surface area contributed by atoms with Crippen LogP contribution in [0.5, 0.6) is 0 Å². The molecule has 1 heterocycles. The zero-order valence-corrected chi connectivity index (χ0v) is 11.1. The number of amides is 1. The Morgan fingerprint density at radius 2 is 2.05 bits per heavy atom. The number of nitrogens with zero attached hydrogens (tertiary/aromatic N) is 2. The minimum absolute atomic E-state index is 0.216. The molecule has 0 atom stereocenters. The normalized spacial score (nSPS) is 10.9. The zero-order chi connectivity index (χ0) is 14.2. The lowest BCUT2D eigenvalue weighted by Crippen LogP contribution is -2.20. The first-order valence-electron chi connectivity index (χ1n) is 6.17. The molecule has 20 heavy (non-hydrogen) atoms. The Labute approximate surface area is 117 Å². The minimum atomic E-state index is -0.586. The molecule has 0 aliphatic rings. The number of pyridine rings is 1. The van der Waals surface area contributed by atoms with Crippen LogP contribution < -0.4 is 5.43 Å². The number of aromatic nitrogens is 1. The van der Waals surface area contributed by atoms with Gasteiger partial charge in [0.2, 0.25) is 0 Å².